The van der Waals surface area contributed by atoms with E-state index in [1.54, 1.807) is 0 Å². The van der Waals surface area contributed by atoms with Crippen LogP contribution in [-0.4, -0.2) is 25.2 Å². The number of rotatable bonds is 7. The Balaban J connectivity index is 2.06. The third kappa shape index (κ3) is 6.17. The summed E-state index contributed by atoms with van der Waals surface area (Å²) in [5, 5.41) is 6.86. The molecule has 136 valence electrons. The van der Waals surface area contributed by atoms with Gasteiger partial charge in [0.05, 0.1) is 12.6 Å². The van der Waals surface area contributed by atoms with Crippen molar-refractivity contribution in [3.8, 4) is 0 Å². The summed E-state index contributed by atoms with van der Waals surface area (Å²) in [6, 6.07) is 11.6. The second-order valence-corrected chi connectivity index (χ2v) is 7.02. The van der Waals surface area contributed by atoms with Gasteiger partial charge in [0.2, 0.25) is 5.91 Å². The van der Waals surface area contributed by atoms with Crippen molar-refractivity contribution in [1.82, 2.24) is 10.6 Å². The van der Waals surface area contributed by atoms with Crippen molar-refractivity contribution in [3.05, 3.63) is 57.8 Å². The summed E-state index contributed by atoms with van der Waals surface area (Å²) in [7, 11) is 0. The summed E-state index contributed by atoms with van der Waals surface area (Å²) >= 11 is 1.53. The molecule has 0 bridgehead atoms. The average molecular weight is 370 g/mol. The lowest BCUT2D eigenvalue weighted by Crippen LogP contribution is -2.40. The van der Waals surface area contributed by atoms with Crippen LogP contribution in [0, 0.1) is 0 Å². The second-order valence-electron chi connectivity index (χ2n) is 6.04. The molecule has 1 heterocycles. The molecule has 3 nitrogen and oxygen atoms in total. The first-order chi connectivity index (χ1) is 11.8. The Bertz CT molecular complexity index is 667. The zero-order valence-electron chi connectivity index (χ0n) is 14.1. The van der Waals surface area contributed by atoms with Gasteiger partial charge in [-0.2, -0.15) is 13.2 Å². The zero-order chi connectivity index (χ0) is 18.4. The fourth-order valence-corrected chi connectivity index (χ4v) is 3.19. The SMILES string of the molecule is CC(C)c1ccc([C@@H](NCC(=O)NCC(F)(F)F)c2cccs2)cc1. The fraction of sp³-hybridized carbons (Fsp3) is 0.389. The second kappa shape index (κ2) is 8.49. The smallest absolute Gasteiger partial charge is 0.346 e. The summed E-state index contributed by atoms with van der Waals surface area (Å²) in [4.78, 5) is 12.7. The molecular formula is C18H21F3N2OS. The van der Waals surface area contributed by atoms with Crippen molar-refractivity contribution in [2.24, 2.45) is 0 Å². The maximum atomic E-state index is 12.2. The Morgan fingerprint density at radius 1 is 1.12 bits per heavy atom. The molecule has 2 rings (SSSR count). The molecule has 1 amide bonds. The normalized spacial score (nSPS) is 13.0. The van der Waals surface area contributed by atoms with E-state index in [4.69, 9.17) is 0 Å². The Morgan fingerprint density at radius 3 is 2.28 bits per heavy atom. The monoisotopic (exact) mass is 370 g/mol. The standard InChI is InChI=1S/C18H21F3N2OS/c1-12(2)13-5-7-14(8-6-13)17(15-4-3-9-25-15)22-10-16(24)23-11-18(19,20)21/h3-9,12,17,22H,10-11H2,1-2H3,(H,23,24)/t17-/m1/s1. The van der Waals surface area contributed by atoms with Gasteiger partial charge in [-0.3, -0.25) is 10.1 Å². The molecule has 1 aromatic heterocycles. The third-order valence-electron chi connectivity index (χ3n) is 3.72. The van der Waals surface area contributed by atoms with Crippen molar-refractivity contribution in [3.63, 3.8) is 0 Å². The van der Waals surface area contributed by atoms with Crippen LogP contribution >= 0.6 is 11.3 Å². The fourth-order valence-electron chi connectivity index (χ4n) is 2.37. The van der Waals surface area contributed by atoms with E-state index in [0.29, 0.717) is 5.92 Å². The highest BCUT2D eigenvalue weighted by molar-refractivity contribution is 7.10. The predicted molar refractivity (Wildman–Crippen MR) is 93.8 cm³/mol. The number of carbonyl (C=O) groups is 1. The summed E-state index contributed by atoms with van der Waals surface area (Å²) in [5.41, 5.74) is 2.17. The molecule has 1 atom stereocenters. The molecule has 0 saturated carbocycles. The van der Waals surface area contributed by atoms with E-state index in [-0.39, 0.29) is 12.6 Å². The largest absolute Gasteiger partial charge is 0.405 e. The third-order valence-corrected chi connectivity index (χ3v) is 4.65. The molecule has 0 aliphatic carbocycles. The number of carbonyl (C=O) groups excluding carboxylic acids is 1. The highest BCUT2D eigenvalue weighted by Crippen LogP contribution is 2.27. The summed E-state index contributed by atoms with van der Waals surface area (Å²) in [6.07, 6.45) is -4.41. The van der Waals surface area contributed by atoms with Crippen LogP contribution < -0.4 is 10.6 Å². The number of nitrogens with one attached hydrogen (secondary N) is 2. The summed E-state index contributed by atoms with van der Waals surface area (Å²) < 4.78 is 36.5. The van der Waals surface area contributed by atoms with E-state index in [2.05, 4.69) is 19.2 Å². The minimum atomic E-state index is -4.41. The van der Waals surface area contributed by atoms with E-state index in [0.717, 1.165) is 10.4 Å². The molecule has 0 radical (unpaired) electrons. The van der Waals surface area contributed by atoms with Crippen LogP contribution in [0.1, 0.15) is 41.8 Å². The Kier molecular flexibility index (Phi) is 6.61. The van der Waals surface area contributed by atoms with Gasteiger partial charge in [-0.05, 0) is 28.5 Å². The summed E-state index contributed by atoms with van der Waals surface area (Å²) in [6.45, 7) is 2.70. The number of halogens is 3. The minimum Gasteiger partial charge on any atom is -0.346 e. The van der Waals surface area contributed by atoms with Crippen LogP contribution in [0.4, 0.5) is 13.2 Å². The van der Waals surface area contributed by atoms with E-state index >= 15 is 0 Å². The van der Waals surface area contributed by atoms with Gasteiger partial charge in [0, 0.05) is 4.88 Å². The van der Waals surface area contributed by atoms with Crippen LogP contribution in [-0.2, 0) is 4.79 Å². The highest BCUT2D eigenvalue weighted by Gasteiger charge is 2.27. The van der Waals surface area contributed by atoms with Gasteiger partial charge in [-0.15, -0.1) is 11.3 Å². The number of thiophene rings is 1. The number of alkyl halides is 3. The molecule has 0 aliphatic rings. The Labute approximate surface area is 149 Å². The molecule has 0 fully saturated rings. The van der Waals surface area contributed by atoms with Crippen LogP contribution in [0.15, 0.2) is 41.8 Å². The first-order valence-electron chi connectivity index (χ1n) is 7.96. The molecular weight excluding hydrogens is 349 g/mol. The molecule has 2 N–H and O–H groups in total. The van der Waals surface area contributed by atoms with Gasteiger partial charge >= 0.3 is 6.18 Å². The van der Waals surface area contributed by atoms with Crippen molar-refractivity contribution in [2.75, 3.05) is 13.1 Å². The highest BCUT2D eigenvalue weighted by atomic mass is 32.1. The van der Waals surface area contributed by atoms with Crippen LogP contribution in [0.2, 0.25) is 0 Å². The van der Waals surface area contributed by atoms with Crippen molar-refractivity contribution in [2.45, 2.75) is 32.0 Å². The maximum absolute atomic E-state index is 12.2. The molecule has 0 saturated heterocycles. The van der Waals surface area contributed by atoms with E-state index in [1.807, 2.05) is 47.1 Å². The van der Waals surface area contributed by atoms with Gasteiger partial charge in [-0.25, -0.2) is 0 Å². The first-order valence-corrected chi connectivity index (χ1v) is 8.84. The summed E-state index contributed by atoms with van der Waals surface area (Å²) in [5.74, 6) is -0.270. The lowest BCUT2D eigenvalue weighted by atomic mass is 9.98. The van der Waals surface area contributed by atoms with Crippen molar-refractivity contribution < 1.29 is 18.0 Å². The van der Waals surface area contributed by atoms with Gasteiger partial charge < -0.3 is 5.32 Å². The Hall–Kier alpha value is -1.86. The van der Waals surface area contributed by atoms with E-state index < -0.39 is 18.6 Å². The van der Waals surface area contributed by atoms with Crippen LogP contribution in [0.3, 0.4) is 0 Å². The number of hydrogen-bond donors (Lipinski definition) is 2. The van der Waals surface area contributed by atoms with Gasteiger partial charge in [-0.1, -0.05) is 44.2 Å². The van der Waals surface area contributed by atoms with Gasteiger partial charge in [0.1, 0.15) is 6.54 Å². The maximum Gasteiger partial charge on any atom is 0.405 e. The molecule has 0 spiro atoms. The average Bonchev–Trinajstić information content (AvgIpc) is 3.07. The number of hydrogen-bond acceptors (Lipinski definition) is 3. The van der Waals surface area contributed by atoms with Gasteiger partial charge in [0.25, 0.3) is 0 Å². The van der Waals surface area contributed by atoms with Crippen molar-refractivity contribution >= 4 is 17.2 Å². The van der Waals surface area contributed by atoms with E-state index in [9.17, 15) is 18.0 Å². The van der Waals surface area contributed by atoms with Crippen LogP contribution in [0.5, 0.6) is 0 Å². The molecule has 0 aliphatic heterocycles. The van der Waals surface area contributed by atoms with Crippen molar-refractivity contribution in [1.29, 1.82) is 0 Å². The molecule has 0 unspecified atom stereocenters. The first kappa shape index (κ1) is 19.5. The molecule has 1 aromatic carbocycles. The van der Waals surface area contributed by atoms with Gasteiger partial charge in [0.15, 0.2) is 0 Å². The number of benzene rings is 1. The number of amides is 1. The topological polar surface area (TPSA) is 41.1 Å². The lowest BCUT2D eigenvalue weighted by Gasteiger charge is -2.19. The van der Waals surface area contributed by atoms with E-state index in [1.165, 1.54) is 16.9 Å². The predicted octanol–water partition coefficient (Wildman–Crippen LogP) is 4.23. The Morgan fingerprint density at radius 2 is 1.76 bits per heavy atom. The molecule has 25 heavy (non-hydrogen) atoms. The minimum absolute atomic E-state index is 0.190. The van der Waals surface area contributed by atoms with Crippen LogP contribution in [0.25, 0.3) is 0 Å². The quantitative estimate of drug-likeness (QED) is 0.766. The molecule has 7 heteroatoms. The molecule has 2 aromatic rings. The zero-order valence-corrected chi connectivity index (χ0v) is 14.9. The lowest BCUT2D eigenvalue weighted by molar-refractivity contribution is -0.137.